The lowest BCUT2D eigenvalue weighted by atomic mass is 10.1. The van der Waals surface area contributed by atoms with Gasteiger partial charge in [-0.15, -0.1) is 11.3 Å². The molecule has 1 atom stereocenters. The smallest absolute Gasteiger partial charge is 0.262 e. The molecule has 0 aliphatic heterocycles. The molecule has 22 heavy (non-hydrogen) atoms. The van der Waals surface area contributed by atoms with Gasteiger partial charge in [0.2, 0.25) is 11.8 Å². The van der Waals surface area contributed by atoms with Crippen molar-refractivity contribution in [2.45, 2.75) is 19.4 Å². The van der Waals surface area contributed by atoms with Gasteiger partial charge in [-0.05, 0) is 38.0 Å². The van der Waals surface area contributed by atoms with Gasteiger partial charge in [-0.1, -0.05) is 0 Å². The van der Waals surface area contributed by atoms with E-state index in [4.69, 9.17) is 5.73 Å². The maximum atomic E-state index is 11.9. The van der Waals surface area contributed by atoms with Gasteiger partial charge in [0.25, 0.3) is 5.91 Å². The number of aryl methyl sites for hydroxylation is 1. The number of carbonyl (C=O) groups excluding carboxylic acids is 3. The molecule has 0 aliphatic rings. The molecule has 0 bridgehead atoms. The summed E-state index contributed by atoms with van der Waals surface area (Å²) in [4.78, 5) is 34.8. The molecule has 0 aliphatic carbocycles. The standard InChI is InChI=1S/C11H15N3O3S.2CH5N/c1-6-3-4-18-9(6)11(17)14-7(5-8(12)15)10(16)13-2;2*1-2/h3-4,7H,5H2,1-2H3,(H2,12,15)(H,13,16)(H,14,17);2*2H2,1H3/t7-;;/m0../s1. The van der Waals surface area contributed by atoms with E-state index in [0.717, 1.165) is 5.56 Å². The van der Waals surface area contributed by atoms with Crippen molar-refractivity contribution < 1.29 is 14.4 Å². The zero-order chi connectivity index (χ0) is 17.7. The maximum Gasteiger partial charge on any atom is 0.262 e. The minimum atomic E-state index is -0.943. The van der Waals surface area contributed by atoms with Crippen molar-refractivity contribution in [3.8, 4) is 0 Å². The van der Waals surface area contributed by atoms with Gasteiger partial charge < -0.3 is 27.8 Å². The molecule has 0 aromatic carbocycles. The average molecular weight is 331 g/mol. The first kappa shape index (κ1) is 22.3. The molecule has 0 saturated carbocycles. The summed E-state index contributed by atoms with van der Waals surface area (Å²) in [5.74, 6) is -1.47. The number of amides is 3. The van der Waals surface area contributed by atoms with Crippen molar-refractivity contribution in [3.63, 3.8) is 0 Å². The van der Waals surface area contributed by atoms with E-state index in [-0.39, 0.29) is 12.3 Å². The maximum absolute atomic E-state index is 11.9. The van der Waals surface area contributed by atoms with Gasteiger partial charge in [-0.25, -0.2) is 0 Å². The van der Waals surface area contributed by atoms with Crippen molar-refractivity contribution in [3.05, 3.63) is 21.9 Å². The Morgan fingerprint density at radius 1 is 1.23 bits per heavy atom. The fraction of sp³-hybridized carbons (Fsp3) is 0.462. The minimum absolute atomic E-state index is 0.226. The number of nitrogens with two attached hydrogens (primary N) is 3. The lowest BCUT2D eigenvalue weighted by Crippen LogP contribution is -2.47. The number of carbonyl (C=O) groups is 3. The van der Waals surface area contributed by atoms with Gasteiger partial charge in [0, 0.05) is 7.05 Å². The van der Waals surface area contributed by atoms with E-state index in [9.17, 15) is 14.4 Å². The predicted molar refractivity (Wildman–Crippen MR) is 88.4 cm³/mol. The Balaban J connectivity index is 0. The summed E-state index contributed by atoms with van der Waals surface area (Å²) < 4.78 is 0. The van der Waals surface area contributed by atoms with Crippen molar-refractivity contribution in [2.75, 3.05) is 21.1 Å². The van der Waals surface area contributed by atoms with Crippen molar-refractivity contribution in [2.24, 2.45) is 17.2 Å². The van der Waals surface area contributed by atoms with E-state index in [2.05, 4.69) is 22.1 Å². The number of likely N-dealkylation sites (N-methyl/N-ethyl adjacent to an activating group) is 1. The molecule has 9 heteroatoms. The molecule has 1 aromatic heterocycles. The SMILES string of the molecule is CN.CN.CNC(=O)[C@H](CC(N)=O)NC(=O)c1sccc1C. The number of thiophene rings is 1. The monoisotopic (exact) mass is 331 g/mol. The van der Waals surface area contributed by atoms with E-state index in [1.807, 2.05) is 6.07 Å². The molecule has 1 rings (SSSR count). The van der Waals surface area contributed by atoms with Gasteiger partial charge in [0.15, 0.2) is 0 Å². The minimum Gasteiger partial charge on any atom is -0.370 e. The van der Waals surface area contributed by atoms with Crippen LogP contribution in [-0.2, 0) is 9.59 Å². The van der Waals surface area contributed by atoms with Crippen molar-refractivity contribution in [1.29, 1.82) is 0 Å². The van der Waals surface area contributed by atoms with Crippen LogP contribution >= 0.6 is 11.3 Å². The van der Waals surface area contributed by atoms with Crippen LogP contribution < -0.4 is 27.8 Å². The molecule has 8 nitrogen and oxygen atoms in total. The molecule has 0 saturated heterocycles. The third-order valence-corrected chi connectivity index (χ3v) is 3.36. The van der Waals surface area contributed by atoms with Crippen LogP contribution in [0.4, 0.5) is 0 Å². The summed E-state index contributed by atoms with van der Waals surface area (Å²) >= 11 is 1.28. The zero-order valence-electron chi connectivity index (χ0n) is 13.3. The summed E-state index contributed by atoms with van der Waals surface area (Å²) in [6.45, 7) is 1.80. The number of primary amides is 1. The van der Waals surface area contributed by atoms with E-state index >= 15 is 0 Å². The second-order valence-corrected chi connectivity index (χ2v) is 4.66. The van der Waals surface area contributed by atoms with Crippen LogP contribution in [-0.4, -0.2) is 44.9 Å². The molecule has 1 aromatic rings. The fourth-order valence-electron chi connectivity index (χ4n) is 1.41. The van der Waals surface area contributed by atoms with E-state index < -0.39 is 17.9 Å². The lowest BCUT2D eigenvalue weighted by molar-refractivity contribution is -0.126. The van der Waals surface area contributed by atoms with Gasteiger partial charge >= 0.3 is 0 Å². The zero-order valence-corrected chi connectivity index (χ0v) is 14.1. The third-order valence-electron chi connectivity index (χ3n) is 2.34. The molecule has 3 amide bonds. The third kappa shape index (κ3) is 7.72. The first-order valence-electron chi connectivity index (χ1n) is 6.46. The van der Waals surface area contributed by atoms with Crippen LogP contribution in [0.2, 0.25) is 0 Å². The van der Waals surface area contributed by atoms with Crippen LogP contribution in [0.5, 0.6) is 0 Å². The Morgan fingerprint density at radius 2 is 1.77 bits per heavy atom. The Labute approximate surface area is 134 Å². The molecule has 1 heterocycles. The number of rotatable bonds is 5. The molecular weight excluding hydrogens is 306 g/mol. The van der Waals surface area contributed by atoms with E-state index in [1.165, 1.54) is 32.5 Å². The highest BCUT2D eigenvalue weighted by molar-refractivity contribution is 7.12. The van der Waals surface area contributed by atoms with Gasteiger partial charge in [0.1, 0.15) is 6.04 Å². The Morgan fingerprint density at radius 3 is 2.14 bits per heavy atom. The fourth-order valence-corrected chi connectivity index (χ4v) is 2.24. The Bertz CT molecular complexity index is 476. The first-order valence-corrected chi connectivity index (χ1v) is 7.34. The largest absolute Gasteiger partial charge is 0.370 e. The second kappa shape index (κ2) is 12.7. The molecule has 0 spiro atoms. The average Bonchev–Trinajstić information content (AvgIpc) is 2.95. The highest BCUT2D eigenvalue weighted by Gasteiger charge is 2.23. The highest BCUT2D eigenvalue weighted by atomic mass is 32.1. The number of hydrogen-bond donors (Lipinski definition) is 5. The van der Waals surface area contributed by atoms with Crippen LogP contribution in [0.1, 0.15) is 21.7 Å². The van der Waals surface area contributed by atoms with Gasteiger partial charge in [0.05, 0.1) is 11.3 Å². The van der Waals surface area contributed by atoms with Crippen LogP contribution in [0.15, 0.2) is 11.4 Å². The number of nitrogens with one attached hydrogen (secondary N) is 2. The summed E-state index contributed by atoms with van der Waals surface area (Å²) in [5, 5.41) is 6.66. The normalized spacial score (nSPS) is 10.1. The Kier molecular flexibility index (Phi) is 12.9. The molecule has 0 unspecified atom stereocenters. The van der Waals surface area contributed by atoms with Gasteiger partial charge in [-0.2, -0.15) is 0 Å². The second-order valence-electron chi connectivity index (χ2n) is 3.74. The van der Waals surface area contributed by atoms with Crippen LogP contribution in [0, 0.1) is 6.92 Å². The molecule has 0 radical (unpaired) electrons. The summed E-state index contributed by atoms with van der Waals surface area (Å²) in [6, 6.07) is 0.865. The molecule has 8 N–H and O–H groups in total. The Hall–Kier alpha value is -1.97. The van der Waals surface area contributed by atoms with Crippen LogP contribution in [0.25, 0.3) is 0 Å². The topological polar surface area (TPSA) is 153 Å². The summed E-state index contributed by atoms with van der Waals surface area (Å²) in [6.07, 6.45) is -0.226. The van der Waals surface area contributed by atoms with E-state index in [0.29, 0.717) is 4.88 Å². The summed E-state index contributed by atoms with van der Waals surface area (Å²) in [7, 11) is 4.43. The lowest BCUT2D eigenvalue weighted by Gasteiger charge is -2.15. The summed E-state index contributed by atoms with van der Waals surface area (Å²) in [5.41, 5.74) is 14.9. The van der Waals surface area contributed by atoms with Crippen molar-refractivity contribution in [1.82, 2.24) is 10.6 Å². The van der Waals surface area contributed by atoms with Crippen LogP contribution in [0.3, 0.4) is 0 Å². The van der Waals surface area contributed by atoms with Gasteiger partial charge in [-0.3, -0.25) is 14.4 Å². The highest BCUT2D eigenvalue weighted by Crippen LogP contribution is 2.15. The molecule has 0 fully saturated rings. The van der Waals surface area contributed by atoms with Crippen molar-refractivity contribution >= 4 is 29.1 Å². The first-order chi connectivity index (χ1) is 10.5. The predicted octanol–water partition coefficient (Wildman–Crippen LogP) is -1.07. The molecule has 126 valence electrons. The number of hydrogen-bond acceptors (Lipinski definition) is 6. The van der Waals surface area contributed by atoms with E-state index in [1.54, 1.807) is 12.3 Å². The quantitative estimate of drug-likeness (QED) is 0.465. The molecular formula is C13H25N5O3S.